The topological polar surface area (TPSA) is 97.2 Å². The van der Waals surface area contributed by atoms with Crippen molar-refractivity contribution >= 4 is 27.9 Å². The van der Waals surface area contributed by atoms with Crippen LogP contribution in [0.2, 0.25) is 0 Å². The van der Waals surface area contributed by atoms with Gasteiger partial charge in [0.25, 0.3) is 0 Å². The zero-order chi connectivity index (χ0) is 19.1. The quantitative estimate of drug-likeness (QED) is 0.502. The van der Waals surface area contributed by atoms with Gasteiger partial charge in [0.15, 0.2) is 11.5 Å². The number of nitrogens with one attached hydrogen (secondary N) is 2. The van der Waals surface area contributed by atoms with Gasteiger partial charge < -0.3 is 14.9 Å². The molecule has 0 aliphatic rings. The number of imidazole rings is 2. The van der Waals surface area contributed by atoms with Gasteiger partial charge in [0.05, 0.1) is 30.2 Å². The minimum atomic E-state index is -0.351. The summed E-state index contributed by atoms with van der Waals surface area (Å²) >= 11 is 0. The molecular formula is C19H15FN8. The summed E-state index contributed by atoms with van der Waals surface area (Å²) in [5, 5.41) is 4.04. The van der Waals surface area contributed by atoms with Crippen LogP contribution in [0.1, 0.15) is 5.56 Å². The van der Waals surface area contributed by atoms with Crippen LogP contribution < -0.4 is 5.32 Å². The van der Waals surface area contributed by atoms with Crippen LogP contribution in [0.3, 0.4) is 0 Å². The summed E-state index contributed by atoms with van der Waals surface area (Å²) in [5.41, 5.74) is 4.01. The number of halogens is 1. The third-order valence-corrected chi connectivity index (χ3v) is 4.60. The lowest BCUT2D eigenvalue weighted by Crippen LogP contribution is -2.07. The Balaban J connectivity index is 1.61. The number of pyridine rings is 1. The van der Waals surface area contributed by atoms with Crippen LogP contribution in [-0.4, -0.2) is 34.5 Å². The standard InChI is InChI=1S/C19H15FN8/c1-28-10-21-7-14(28)16-12(5-11-3-2-4-13(20)15(11)27-16)6-22-18-17-19(24-8-23-17)26-9-25-18/h2-5,7-10H,6H2,1H3,(H2,22,23,24,25,26). The molecule has 9 heteroatoms. The Labute approximate surface area is 158 Å². The van der Waals surface area contributed by atoms with E-state index < -0.39 is 0 Å². The summed E-state index contributed by atoms with van der Waals surface area (Å²) in [6, 6.07) is 6.88. The zero-order valence-corrected chi connectivity index (χ0v) is 14.9. The van der Waals surface area contributed by atoms with E-state index in [0.717, 1.165) is 22.2 Å². The first-order chi connectivity index (χ1) is 13.7. The number of H-pyrrole nitrogens is 1. The highest BCUT2D eigenvalue weighted by molar-refractivity contribution is 5.84. The number of aromatic amines is 1. The molecule has 0 aliphatic carbocycles. The molecule has 8 nitrogen and oxygen atoms in total. The van der Waals surface area contributed by atoms with Gasteiger partial charge in [-0.25, -0.2) is 29.3 Å². The first-order valence-corrected chi connectivity index (χ1v) is 8.63. The fourth-order valence-corrected chi connectivity index (χ4v) is 3.23. The van der Waals surface area contributed by atoms with E-state index in [1.54, 1.807) is 24.9 Å². The van der Waals surface area contributed by atoms with Crippen molar-refractivity contribution < 1.29 is 4.39 Å². The number of nitrogens with zero attached hydrogens (tertiary/aromatic N) is 6. The van der Waals surface area contributed by atoms with E-state index in [9.17, 15) is 4.39 Å². The maximum Gasteiger partial charge on any atom is 0.182 e. The summed E-state index contributed by atoms with van der Waals surface area (Å²) in [5.74, 6) is 0.285. The highest BCUT2D eigenvalue weighted by Gasteiger charge is 2.15. The van der Waals surface area contributed by atoms with Gasteiger partial charge in [0.1, 0.15) is 23.2 Å². The summed E-state index contributed by atoms with van der Waals surface area (Å²) in [7, 11) is 1.88. The third kappa shape index (κ3) is 2.64. The predicted octanol–water partition coefficient (Wildman–Crippen LogP) is 3.05. The number of benzene rings is 1. The van der Waals surface area contributed by atoms with Crippen molar-refractivity contribution in [2.45, 2.75) is 6.54 Å². The largest absolute Gasteiger partial charge is 0.364 e. The molecule has 0 saturated carbocycles. The van der Waals surface area contributed by atoms with E-state index >= 15 is 0 Å². The Morgan fingerprint density at radius 1 is 1.21 bits per heavy atom. The zero-order valence-electron chi connectivity index (χ0n) is 14.9. The molecule has 2 N–H and O–H groups in total. The van der Waals surface area contributed by atoms with Crippen LogP contribution in [0.15, 0.2) is 49.4 Å². The molecule has 5 aromatic rings. The molecule has 0 fully saturated rings. The number of hydrogen-bond donors (Lipinski definition) is 2. The number of anilines is 1. The lowest BCUT2D eigenvalue weighted by atomic mass is 10.1. The average molecular weight is 374 g/mol. The monoisotopic (exact) mass is 374 g/mol. The van der Waals surface area contributed by atoms with Crippen molar-refractivity contribution in [1.82, 2.24) is 34.5 Å². The van der Waals surface area contributed by atoms with Gasteiger partial charge in [0.2, 0.25) is 0 Å². The molecule has 0 spiro atoms. The Bertz CT molecular complexity index is 1310. The molecular weight excluding hydrogens is 359 g/mol. The van der Waals surface area contributed by atoms with E-state index in [4.69, 9.17) is 0 Å². The maximum atomic E-state index is 14.3. The Hall–Kier alpha value is -3.88. The molecule has 0 atom stereocenters. The number of aryl methyl sites for hydroxylation is 1. The highest BCUT2D eigenvalue weighted by Crippen LogP contribution is 2.27. The average Bonchev–Trinajstić information content (AvgIpc) is 3.35. The number of para-hydroxylation sites is 1. The molecule has 0 saturated heterocycles. The fourth-order valence-electron chi connectivity index (χ4n) is 3.23. The van der Waals surface area contributed by atoms with Gasteiger partial charge in [0, 0.05) is 19.0 Å². The van der Waals surface area contributed by atoms with Crippen molar-refractivity contribution in [3.05, 3.63) is 60.8 Å². The molecule has 0 amide bonds. The van der Waals surface area contributed by atoms with Crippen molar-refractivity contribution in [3.8, 4) is 11.4 Å². The van der Waals surface area contributed by atoms with Gasteiger partial charge in [-0.1, -0.05) is 12.1 Å². The van der Waals surface area contributed by atoms with Crippen molar-refractivity contribution in [2.75, 3.05) is 5.32 Å². The van der Waals surface area contributed by atoms with Crippen LogP contribution in [0.25, 0.3) is 33.5 Å². The molecule has 5 rings (SSSR count). The van der Waals surface area contributed by atoms with Gasteiger partial charge in [-0.3, -0.25) is 0 Å². The van der Waals surface area contributed by atoms with Crippen LogP contribution in [-0.2, 0) is 13.6 Å². The predicted molar refractivity (Wildman–Crippen MR) is 103 cm³/mol. The maximum absolute atomic E-state index is 14.3. The van der Waals surface area contributed by atoms with E-state index in [0.29, 0.717) is 29.2 Å². The second-order valence-electron chi connectivity index (χ2n) is 6.37. The third-order valence-electron chi connectivity index (χ3n) is 4.60. The molecule has 4 heterocycles. The van der Waals surface area contributed by atoms with E-state index in [1.165, 1.54) is 12.4 Å². The van der Waals surface area contributed by atoms with Gasteiger partial charge in [-0.2, -0.15) is 0 Å². The van der Waals surface area contributed by atoms with Crippen LogP contribution >= 0.6 is 0 Å². The van der Waals surface area contributed by atoms with Crippen molar-refractivity contribution in [2.24, 2.45) is 7.05 Å². The van der Waals surface area contributed by atoms with E-state index in [-0.39, 0.29) is 5.82 Å². The number of aromatic nitrogens is 7. The summed E-state index contributed by atoms with van der Waals surface area (Å²) in [6.07, 6.45) is 6.45. The summed E-state index contributed by atoms with van der Waals surface area (Å²) in [4.78, 5) is 24.4. The molecule has 0 radical (unpaired) electrons. The number of hydrogen-bond acceptors (Lipinski definition) is 6. The highest BCUT2D eigenvalue weighted by atomic mass is 19.1. The van der Waals surface area contributed by atoms with Crippen LogP contribution in [0.5, 0.6) is 0 Å². The Morgan fingerprint density at radius 3 is 3.00 bits per heavy atom. The second-order valence-corrected chi connectivity index (χ2v) is 6.37. The fraction of sp³-hybridized carbons (Fsp3) is 0.105. The van der Waals surface area contributed by atoms with Crippen molar-refractivity contribution in [1.29, 1.82) is 0 Å². The van der Waals surface area contributed by atoms with E-state index in [2.05, 4.69) is 35.2 Å². The number of fused-ring (bicyclic) bond motifs is 2. The van der Waals surface area contributed by atoms with Crippen LogP contribution in [0.4, 0.5) is 10.2 Å². The molecule has 0 bridgehead atoms. The lowest BCUT2D eigenvalue weighted by Gasteiger charge is -2.13. The van der Waals surface area contributed by atoms with Crippen molar-refractivity contribution in [3.63, 3.8) is 0 Å². The molecule has 1 aromatic carbocycles. The minimum absolute atomic E-state index is 0.334. The molecule has 138 valence electrons. The number of rotatable bonds is 4. The SMILES string of the molecule is Cn1cncc1-c1nc2c(F)cccc2cc1CNc1ncnc2nc[nH]c12. The van der Waals surface area contributed by atoms with Gasteiger partial charge in [-0.15, -0.1) is 0 Å². The van der Waals surface area contributed by atoms with Gasteiger partial charge in [-0.05, 0) is 17.7 Å². The summed E-state index contributed by atoms with van der Waals surface area (Å²) in [6.45, 7) is 0.436. The molecule has 28 heavy (non-hydrogen) atoms. The van der Waals surface area contributed by atoms with E-state index in [1.807, 2.05) is 23.7 Å². The second kappa shape index (κ2) is 6.38. The van der Waals surface area contributed by atoms with Crippen LogP contribution in [0, 0.1) is 5.82 Å². The molecule has 4 aromatic heterocycles. The Morgan fingerprint density at radius 2 is 2.14 bits per heavy atom. The van der Waals surface area contributed by atoms with Gasteiger partial charge >= 0.3 is 0 Å². The minimum Gasteiger partial charge on any atom is -0.364 e. The Kier molecular flexibility index (Phi) is 3.71. The smallest absolute Gasteiger partial charge is 0.182 e. The first kappa shape index (κ1) is 16.3. The lowest BCUT2D eigenvalue weighted by molar-refractivity contribution is 0.637. The first-order valence-electron chi connectivity index (χ1n) is 8.63. The normalized spacial score (nSPS) is 11.4. The molecule has 0 unspecified atom stereocenters. The summed E-state index contributed by atoms with van der Waals surface area (Å²) < 4.78 is 16.2. The molecule has 0 aliphatic heterocycles.